The van der Waals surface area contributed by atoms with Gasteiger partial charge in [0.05, 0.1) is 17.4 Å². The first kappa shape index (κ1) is 23.1. The molecule has 1 amide bonds. The van der Waals surface area contributed by atoms with Crippen molar-refractivity contribution in [3.05, 3.63) is 65.8 Å². The Morgan fingerprint density at radius 1 is 1.21 bits per heavy atom. The summed E-state index contributed by atoms with van der Waals surface area (Å²) in [7, 11) is -2.17. The Kier molecular flexibility index (Phi) is 6.57. The molecule has 10 heteroatoms. The summed E-state index contributed by atoms with van der Waals surface area (Å²) in [6, 6.07) is 12.4. The fourth-order valence-corrected chi connectivity index (χ4v) is 5.49. The summed E-state index contributed by atoms with van der Waals surface area (Å²) < 4.78 is 45.7. The third kappa shape index (κ3) is 4.96. The number of hydrogen-bond acceptors (Lipinski definition) is 6. The van der Waals surface area contributed by atoms with Gasteiger partial charge in [-0.3, -0.25) is 4.79 Å². The third-order valence-corrected chi connectivity index (χ3v) is 7.67. The van der Waals surface area contributed by atoms with Crippen LogP contribution in [0.15, 0.2) is 57.9 Å². The maximum absolute atomic E-state index is 13.2. The van der Waals surface area contributed by atoms with Gasteiger partial charge in [0.1, 0.15) is 5.82 Å². The van der Waals surface area contributed by atoms with Crippen molar-refractivity contribution in [3.63, 3.8) is 0 Å². The number of carbonyl (C=O) groups excluding carboxylic acids is 1. The molecule has 1 fully saturated rings. The van der Waals surface area contributed by atoms with Crippen LogP contribution < -0.4 is 0 Å². The number of rotatable bonds is 6. The third-order valence-electron chi connectivity index (χ3n) is 5.79. The molecule has 0 spiro atoms. The summed E-state index contributed by atoms with van der Waals surface area (Å²) in [4.78, 5) is 18.9. The molecule has 0 radical (unpaired) electrons. The maximum Gasteiger partial charge on any atom is 0.246 e. The minimum atomic E-state index is -3.81. The van der Waals surface area contributed by atoms with Crippen molar-refractivity contribution in [3.8, 4) is 11.4 Å². The minimum Gasteiger partial charge on any atom is -0.337 e. The average molecular weight is 473 g/mol. The summed E-state index contributed by atoms with van der Waals surface area (Å²) in [5.41, 5.74) is 1.87. The van der Waals surface area contributed by atoms with Crippen molar-refractivity contribution >= 4 is 15.9 Å². The van der Waals surface area contributed by atoms with Gasteiger partial charge in [-0.2, -0.15) is 9.29 Å². The quantitative estimate of drug-likeness (QED) is 0.546. The fourth-order valence-electron chi connectivity index (χ4n) is 3.96. The van der Waals surface area contributed by atoms with Crippen molar-refractivity contribution in [1.82, 2.24) is 19.3 Å². The molecule has 2 aromatic carbocycles. The first-order valence-electron chi connectivity index (χ1n) is 10.6. The molecule has 8 nitrogen and oxygen atoms in total. The molecule has 1 saturated heterocycles. The first-order chi connectivity index (χ1) is 15.8. The molecule has 4 rings (SSSR count). The van der Waals surface area contributed by atoms with Gasteiger partial charge in [0.25, 0.3) is 0 Å². The van der Waals surface area contributed by atoms with Crippen LogP contribution >= 0.6 is 0 Å². The summed E-state index contributed by atoms with van der Waals surface area (Å²) >= 11 is 0. The number of aryl methyl sites for hydroxylation is 1. The Labute approximate surface area is 192 Å². The van der Waals surface area contributed by atoms with Gasteiger partial charge in [-0.25, -0.2) is 12.8 Å². The molecule has 3 aromatic rings. The highest BCUT2D eigenvalue weighted by molar-refractivity contribution is 7.89. The van der Waals surface area contributed by atoms with E-state index < -0.39 is 21.8 Å². The highest BCUT2D eigenvalue weighted by Crippen LogP contribution is 2.26. The van der Waals surface area contributed by atoms with Crippen molar-refractivity contribution in [2.75, 3.05) is 20.1 Å². The first-order valence-corrected chi connectivity index (χ1v) is 12.1. The zero-order valence-electron chi connectivity index (χ0n) is 18.4. The van der Waals surface area contributed by atoms with Crippen LogP contribution in [0.25, 0.3) is 11.4 Å². The number of amides is 1. The molecule has 1 unspecified atom stereocenters. The molecule has 0 aliphatic carbocycles. The second-order valence-electron chi connectivity index (χ2n) is 8.18. The van der Waals surface area contributed by atoms with E-state index in [-0.39, 0.29) is 23.9 Å². The number of hydrogen-bond donors (Lipinski definition) is 0. The molecule has 1 aromatic heterocycles. The van der Waals surface area contributed by atoms with Crippen LogP contribution in [-0.4, -0.2) is 53.8 Å². The number of benzene rings is 2. The van der Waals surface area contributed by atoms with E-state index in [0.717, 1.165) is 23.3 Å². The molecule has 33 heavy (non-hydrogen) atoms. The highest BCUT2D eigenvalue weighted by atomic mass is 32.2. The summed E-state index contributed by atoms with van der Waals surface area (Å²) in [6.45, 7) is 2.46. The topological polar surface area (TPSA) is 96.6 Å². The Morgan fingerprint density at radius 2 is 1.94 bits per heavy atom. The molecule has 174 valence electrons. The molecule has 2 heterocycles. The van der Waals surface area contributed by atoms with Crippen LogP contribution in [0.1, 0.15) is 24.3 Å². The molecule has 0 N–H and O–H groups in total. The lowest BCUT2D eigenvalue weighted by Crippen LogP contribution is -2.45. The SMILES string of the molecule is Cc1ccccc1-c1noc(CN(C)C(=O)C2CCCN(S(=O)(=O)c3ccc(F)cc3)C2)n1. The van der Waals surface area contributed by atoms with Crippen LogP contribution in [0.5, 0.6) is 0 Å². The lowest BCUT2D eigenvalue weighted by Gasteiger charge is -2.33. The van der Waals surface area contributed by atoms with E-state index in [9.17, 15) is 17.6 Å². The Bertz CT molecular complexity index is 1240. The van der Waals surface area contributed by atoms with Crippen molar-refractivity contribution < 1.29 is 22.1 Å². The van der Waals surface area contributed by atoms with E-state index >= 15 is 0 Å². The van der Waals surface area contributed by atoms with Gasteiger partial charge < -0.3 is 9.42 Å². The number of halogens is 1. The zero-order valence-corrected chi connectivity index (χ0v) is 19.3. The van der Waals surface area contributed by atoms with Gasteiger partial charge in [-0.05, 0) is 49.6 Å². The van der Waals surface area contributed by atoms with Crippen LogP contribution in [0, 0.1) is 18.7 Å². The second kappa shape index (κ2) is 9.40. The zero-order chi connectivity index (χ0) is 23.6. The van der Waals surface area contributed by atoms with Gasteiger partial charge in [0.2, 0.25) is 27.6 Å². The van der Waals surface area contributed by atoms with Gasteiger partial charge in [-0.1, -0.05) is 29.4 Å². The second-order valence-corrected chi connectivity index (χ2v) is 10.1. The lowest BCUT2D eigenvalue weighted by atomic mass is 9.98. The van der Waals surface area contributed by atoms with Gasteiger partial charge in [-0.15, -0.1) is 0 Å². The van der Waals surface area contributed by atoms with Crippen molar-refractivity contribution in [2.24, 2.45) is 5.92 Å². The highest BCUT2D eigenvalue weighted by Gasteiger charge is 2.34. The average Bonchev–Trinajstić information content (AvgIpc) is 3.27. The van der Waals surface area contributed by atoms with Crippen LogP contribution in [0.4, 0.5) is 4.39 Å². The number of nitrogens with zero attached hydrogens (tertiary/aromatic N) is 4. The van der Waals surface area contributed by atoms with E-state index in [0.29, 0.717) is 31.1 Å². The Morgan fingerprint density at radius 3 is 2.67 bits per heavy atom. The van der Waals surface area contributed by atoms with Gasteiger partial charge >= 0.3 is 0 Å². The summed E-state index contributed by atoms with van der Waals surface area (Å²) in [5, 5.41) is 4.02. The molecule has 1 aliphatic rings. The van der Waals surface area contributed by atoms with Crippen LogP contribution in [0.3, 0.4) is 0 Å². The smallest absolute Gasteiger partial charge is 0.246 e. The molecule has 1 aliphatic heterocycles. The fraction of sp³-hybridized carbons (Fsp3) is 0.348. The predicted octanol–water partition coefficient (Wildman–Crippen LogP) is 3.24. The number of carbonyl (C=O) groups is 1. The molecule has 1 atom stereocenters. The van der Waals surface area contributed by atoms with E-state index in [1.807, 2.05) is 31.2 Å². The minimum absolute atomic E-state index is 0.0138. The maximum atomic E-state index is 13.2. The van der Waals surface area contributed by atoms with E-state index in [4.69, 9.17) is 4.52 Å². The molecule has 0 saturated carbocycles. The molecular weight excluding hydrogens is 447 g/mol. The van der Waals surface area contributed by atoms with E-state index in [2.05, 4.69) is 10.1 Å². The number of sulfonamides is 1. The monoisotopic (exact) mass is 472 g/mol. The predicted molar refractivity (Wildman–Crippen MR) is 119 cm³/mol. The lowest BCUT2D eigenvalue weighted by molar-refractivity contribution is -0.136. The Hall–Kier alpha value is -3.11. The van der Waals surface area contributed by atoms with Crippen molar-refractivity contribution in [1.29, 1.82) is 0 Å². The Balaban J connectivity index is 1.42. The van der Waals surface area contributed by atoms with Crippen molar-refractivity contribution in [2.45, 2.75) is 31.2 Å². The number of aromatic nitrogens is 2. The van der Waals surface area contributed by atoms with Crippen LogP contribution in [0.2, 0.25) is 0 Å². The van der Waals surface area contributed by atoms with E-state index in [1.54, 1.807) is 7.05 Å². The normalized spacial score (nSPS) is 17.1. The van der Waals surface area contributed by atoms with Gasteiger partial charge in [0.15, 0.2) is 0 Å². The standard InChI is InChI=1S/C23H25FN4O4S/c1-16-6-3-4-8-20(16)22-25-21(32-26-22)15-27(2)23(29)17-7-5-13-28(14-17)33(30,31)19-11-9-18(24)10-12-19/h3-4,6,8-12,17H,5,7,13-15H2,1-2H3. The molecule has 0 bridgehead atoms. The number of piperidine rings is 1. The summed E-state index contributed by atoms with van der Waals surface area (Å²) in [6.07, 6.45) is 1.14. The largest absolute Gasteiger partial charge is 0.337 e. The van der Waals surface area contributed by atoms with Gasteiger partial charge in [0, 0.05) is 25.7 Å². The molecular formula is C23H25FN4O4S. The van der Waals surface area contributed by atoms with E-state index in [1.165, 1.54) is 21.3 Å². The summed E-state index contributed by atoms with van der Waals surface area (Å²) in [5.74, 6) is -0.426. The van der Waals surface area contributed by atoms with Crippen LogP contribution in [-0.2, 0) is 21.4 Å².